The summed E-state index contributed by atoms with van der Waals surface area (Å²) in [5.74, 6) is 1.34. The fourth-order valence-electron chi connectivity index (χ4n) is 9.41. The zero-order chi connectivity index (χ0) is 54.2. The average molecular weight is 1100 g/mol. The Balaban J connectivity index is 0.00000688. The molecule has 0 N–H and O–H groups in total. The minimum atomic E-state index is -2.67. The number of hydrogen-bond acceptors (Lipinski definition) is 4. The van der Waals surface area contributed by atoms with Crippen molar-refractivity contribution in [2.45, 2.75) is 60.1 Å². The summed E-state index contributed by atoms with van der Waals surface area (Å²) >= 11 is 0. The van der Waals surface area contributed by atoms with Crippen LogP contribution >= 0.6 is 0 Å². The Morgan fingerprint density at radius 3 is 2.06 bits per heavy atom. The Kier molecular flexibility index (Phi) is 10.2. The van der Waals surface area contributed by atoms with E-state index in [4.69, 9.17) is 20.7 Å². The molecule has 11 rings (SSSR count). The van der Waals surface area contributed by atoms with E-state index in [2.05, 4.69) is 83.7 Å². The maximum Gasteiger partial charge on any atom is 0.135 e. The van der Waals surface area contributed by atoms with Crippen LogP contribution in [0.2, 0.25) is 0 Å². The summed E-state index contributed by atoms with van der Waals surface area (Å²) in [5, 5.41) is 2.11. The van der Waals surface area contributed by atoms with Crippen LogP contribution in [0.1, 0.15) is 67.8 Å². The van der Waals surface area contributed by atoms with Gasteiger partial charge in [-0.2, -0.15) is 12.1 Å². The van der Waals surface area contributed by atoms with Crippen molar-refractivity contribution in [1.29, 1.82) is 0 Å². The number of nitrogens with zero attached hydrogens (tertiary/aromatic N) is 4. The van der Waals surface area contributed by atoms with E-state index < -0.39 is 26.0 Å². The second kappa shape index (κ2) is 18.9. The zero-order valence-corrected chi connectivity index (χ0v) is 41.8. The van der Waals surface area contributed by atoms with Crippen LogP contribution in [0.3, 0.4) is 0 Å². The number of pyridine rings is 1. The number of hydrogen-bond donors (Lipinski definition) is 0. The van der Waals surface area contributed by atoms with E-state index in [0.29, 0.717) is 22.7 Å². The molecule has 2 aromatic heterocycles. The van der Waals surface area contributed by atoms with Crippen LogP contribution in [-0.2, 0) is 32.9 Å². The van der Waals surface area contributed by atoms with Crippen molar-refractivity contribution < 1.29 is 36.8 Å². The SMILES string of the molecule is [2H]C([2H])([2H])c1cc(-c2cccc(-c3ccccc3)c2N2[CH-]N(c3[c-]c(Oc4[c-]c5c(cc4)c4ccccc4n5-c4ccc(C(C)(C)C)cn4)ccc3)c3ccccc32)ccc1-c1ccc(C([2H])([2H])C(C)C)cc1C([2H])([2H])[2H].[Pt]. The minimum Gasteiger partial charge on any atom is -0.509 e. The summed E-state index contributed by atoms with van der Waals surface area (Å²) in [6.07, 6.45) is 0.127. The molecular formula is C64H55N4OPt-3. The standard InChI is InChI=1S/C64H55N4O.Pt/c1-42(2)35-45-27-31-52(43(3)36-45)53-32-28-47(37-44(53)4)55-23-16-22-54(46-17-9-8-10-18-46)63(55)67-41-66(59-25-13-14-26-60(59)67)49-19-15-20-50(38-49)69-51-30-33-57-56-21-11-12-24-58(56)68(61(57)39-51)62-34-29-48(40-65-62)64(5,6)7;/h8-34,36-37,40-42H,35H2,1-7H3;/q-3;/i3D3,4D3,35D2;. The van der Waals surface area contributed by atoms with E-state index in [-0.39, 0.29) is 54.3 Å². The van der Waals surface area contributed by atoms with Gasteiger partial charge in [-0.05, 0) is 106 Å². The van der Waals surface area contributed by atoms with Gasteiger partial charge in [-0.25, -0.2) is 4.98 Å². The van der Waals surface area contributed by atoms with Gasteiger partial charge in [-0.1, -0.05) is 161 Å². The van der Waals surface area contributed by atoms with Crippen LogP contribution in [0.15, 0.2) is 182 Å². The molecule has 0 saturated carbocycles. The Morgan fingerprint density at radius 1 is 0.629 bits per heavy atom. The van der Waals surface area contributed by atoms with Crippen molar-refractivity contribution in [3.63, 3.8) is 0 Å². The van der Waals surface area contributed by atoms with Crippen molar-refractivity contribution in [3.8, 4) is 50.7 Å². The molecule has 0 atom stereocenters. The van der Waals surface area contributed by atoms with Crippen molar-refractivity contribution in [1.82, 2.24) is 9.55 Å². The number of anilines is 4. The molecule has 0 amide bonds. The van der Waals surface area contributed by atoms with E-state index in [1.165, 1.54) is 6.07 Å². The van der Waals surface area contributed by atoms with Crippen LogP contribution in [-0.4, -0.2) is 9.55 Å². The van der Waals surface area contributed by atoms with Crippen LogP contribution in [0.25, 0.3) is 61.0 Å². The van der Waals surface area contributed by atoms with Gasteiger partial charge in [0.1, 0.15) is 5.82 Å². The van der Waals surface area contributed by atoms with Crippen molar-refractivity contribution in [2.75, 3.05) is 9.80 Å². The van der Waals surface area contributed by atoms with Crippen LogP contribution < -0.4 is 14.5 Å². The molecule has 1 aliphatic heterocycles. The summed E-state index contributed by atoms with van der Waals surface area (Å²) in [4.78, 5) is 9.11. The Labute approximate surface area is 438 Å². The molecule has 1 aliphatic rings. The topological polar surface area (TPSA) is 33.5 Å². The summed E-state index contributed by atoms with van der Waals surface area (Å²) in [7, 11) is 0. The Hall–Kier alpha value is -7.20. The van der Waals surface area contributed by atoms with E-state index in [9.17, 15) is 0 Å². The van der Waals surface area contributed by atoms with Gasteiger partial charge in [0.2, 0.25) is 0 Å². The maximum absolute atomic E-state index is 8.87. The van der Waals surface area contributed by atoms with Gasteiger partial charge < -0.3 is 19.1 Å². The Bertz CT molecular complexity index is 3860. The van der Waals surface area contributed by atoms with Crippen molar-refractivity contribution in [3.05, 3.63) is 223 Å². The first-order valence-corrected chi connectivity index (χ1v) is 23.3. The largest absolute Gasteiger partial charge is 0.509 e. The molecule has 5 nitrogen and oxygen atoms in total. The number of aromatic nitrogens is 2. The number of para-hydroxylation sites is 4. The quantitative estimate of drug-likeness (QED) is 0.128. The summed E-state index contributed by atoms with van der Waals surface area (Å²) in [6, 6.07) is 63.1. The van der Waals surface area contributed by atoms with Crippen LogP contribution in [0.5, 0.6) is 11.5 Å². The molecule has 10 aromatic rings. The second-order valence-corrected chi connectivity index (χ2v) is 18.8. The number of aryl methyl sites for hydroxylation is 2. The van der Waals surface area contributed by atoms with Crippen molar-refractivity contribution in [2.24, 2.45) is 5.92 Å². The summed E-state index contributed by atoms with van der Waals surface area (Å²) in [6.45, 7) is 6.70. The first kappa shape index (κ1) is 37.7. The summed E-state index contributed by atoms with van der Waals surface area (Å²) < 4.78 is 78.5. The Morgan fingerprint density at radius 2 is 1.31 bits per heavy atom. The molecule has 3 heterocycles. The predicted octanol–water partition coefficient (Wildman–Crippen LogP) is 17.1. The van der Waals surface area contributed by atoms with E-state index >= 15 is 0 Å². The molecule has 0 radical (unpaired) electrons. The molecule has 350 valence electrons. The third kappa shape index (κ3) is 8.73. The fourth-order valence-corrected chi connectivity index (χ4v) is 9.41. The van der Waals surface area contributed by atoms with E-state index in [1.807, 2.05) is 122 Å². The van der Waals surface area contributed by atoms with Gasteiger partial charge in [0.25, 0.3) is 0 Å². The average Bonchev–Trinajstić information content (AvgIpc) is 4.18. The molecule has 0 fully saturated rings. The van der Waals surface area contributed by atoms with E-state index in [1.54, 1.807) is 38.1 Å². The molecule has 0 saturated heterocycles. The first-order chi connectivity index (χ1) is 36.7. The monoisotopic (exact) mass is 1100 g/mol. The molecule has 0 bridgehead atoms. The van der Waals surface area contributed by atoms with Crippen LogP contribution in [0, 0.1) is 38.4 Å². The number of benzene rings is 8. The van der Waals surface area contributed by atoms with Gasteiger partial charge in [0.15, 0.2) is 0 Å². The second-order valence-electron chi connectivity index (χ2n) is 18.8. The fraction of sp³-hybridized carbons (Fsp3) is 0.156. The molecular weight excluding hydrogens is 1040 g/mol. The molecule has 0 aliphatic carbocycles. The smallest absolute Gasteiger partial charge is 0.135 e. The first-order valence-electron chi connectivity index (χ1n) is 27.3. The number of ether oxygens (including phenoxy) is 1. The zero-order valence-electron chi connectivity index (χ0n) is 47.5. The van der Waals surface area contributed by atoms with Gasteiger partial charge in [0, 0.05) is 83.4 Å². The minimum absolute atomic E-state index is 0. The predicted molar refractivity (Wildman–Crippen MR) is 287 cm³/mol. The normalized spacial score (nSPS) is 14.7. The van der Waals surface area contributed by atoms with Crippen molar-refractivity contribution >= 4 is 44.6 Å². The van der Waals surface area contributed by atoms with Gasteiger partial charge >= 0.3 is 0 Å². The van der Waals surface area contributed by atoms with Gasteiger partial charge in [-0.15, -0.1) is 48.1 Å². The van der Waals surface area contributed by atoms with Gasteiger partial charge in [-0.3, -0.25) is 0 Å². The maximum atomic E-state index is 8.87. The molecule has 6 heteroatoms. The molecule has 0 unspecified atom stereocenters. The summed E-state index contributed by atoms with van der Waals surface area (Å²) in [5.41, 5.74) is 9.88. The molecule has 70 heavy (non-hydrogen) atoms. The third-order valence-corrected chi connectivity index (χ3v) is 12.7. The van der Waals surface area contributed by atoms with Gasteiger partial charge in [0.05, 0.1) is 0 Å². The number of rotatable bonds is 10. The third-order valence-electron chi connectivity index (χ3n) is 12.7. The number of fused-ring (bicyclic) bond motifs is 4. The molecule has 8 aromatic carbocycles. The van der Waals surface area contributed by atoms with Crippen LogP contribution in [0.4, 0.5) is 22.7 Å². The molecule has 0 spiro atoms. The van der Waals surface area contributed by atoms with E-state index in [0.717, 1.165) is 66.9 Å².